The van der Waals surface area contributed by atoms with Crippen molar-refractivity contribution in [3.8, 4) is 0 Å². The van der Waals surface area contributed by atoms with E-state index >= 15 is 0 Å². The van der Waals surface area contributed by atoms with Crippen LogP contribution in [0.15, 0.2) is 18.3 Å². The molecule has 0 spiro atoms. The third-order valence-corrected chi connectivity index (χ3v) is 3.45. The average Bonchev–Trinajstić information content (AvgIpc) is 3.19. The Morgan fingerprint density at radius 1 is 1.31 bits per heavy atom. The summed E-state index contributed by atoms with van der Waals surface area (Å²) in [6.45, 7) is 1.70. The molecule has 0 aromatic carbocycles. The predicted octanol–water partition coefficient (Wildman–Crippen LogP) is 1.89. The lowest BCUT2D eigenvalue weighted by Crippen LogP contribution is -2.31. The quantitative estimate of drug-likeness (QED) is 0.819. The van der Waals surface area contributed by atoms with Gasteiger partial charge in [0.05, 0.1) is 0 Å². The first-order chi connectivity index (χ1) is 7.88. The molecule has 3 nitrogen and oxygen atoms in total. The summed E-state index contributed by atoms with van der Waals surface area (Å²) in [5.41, 5.74) is 8.29. The highest BCUT2D eigenvalue weighted by Crippen LogP contribution is 2.40. The summed E-state index contributed by atoms with van der Waals surface area (Å²) in [6.07, 6.45) is 7.23. The fourth-order valence-corrected chi connectivity index (χ4v) is 2.27. The number of hydrogen-bond acceptors (Lipinski definition) is 3. The van der Waals surface area contributed by atoms with Crippen molar-refractivity contribution in [2.75, 3.05) is 18.0 Å². The Labute approximate surface area is 96.7 Å². The van der Waals surface area contributed by atoms with Gasteiger partial charge in [-0.05, 0) is 37.8 Å². The number of anilines is 1. The van der Waals surface area contributed by atoms with Gasteiger partial charge >= 0.3 is 0 Å². The number of nitrogens with two attached hydrogens (primary N) is 1. The van der Waals surface area contributed by atoms with Crippen LogP contribution in [0.4, 0.5) is 5.69 Å². The first kappa shape index (κ1) is 10.1. The fourth-order valence-electron chi connectivity index (χ4n) is 2.27. The molecule has 1 aromatic heterocycles. The van der Waals surface area contributed by atoms with Crippen LogP contribution in [0.2, 0.25) is 0 Å². The fraction of sp³-hybridized carbons (Fsp3) is 0.615. The van der Waals surface area contributed by atoms with E-state index in [0.29, 0.717) is 0 Å². The third kappa shape index (κ3) is 2.05. The van der Waals surface area contributed by atoms with Gasteiger partial charge in [-0.2, -0.15) is 0 Å². The normalized spacial score (nSPS) is 19.8. The molecule has 2 aliphatic carbocycles. The van der Waals surface area contributed by atoms with Crippen molar-refractivity contribution < 1.29 is 0 Å². The van der Waals surface area contributed by atoms with E-state index in [-0.39, 0.29) is 0 Å². The van der Waals surface area contributed by atoms with Crippen LogP contribution in [0.5, 0.6) is 0 Å². The van der Waals surface area contributed by atoms with Crippen LogP contribution in [0, 0.1) is 0 Å². The molecule has 0 amide bonds. The van der Waals surface area contributed by atoms with Crippen molar-refractivity contribution in [1.82, 2.24) is 4.98 Å². The summed E-state index contributed by atoms with van der Waals surface area (Å²) < 4.78 is 0. The van der Waals surface area contributed by atoms with Gasteiger partial charge in [-0.25, -0.2) is 0 Å². The average molecular weight is 217 g/mol. The second kappa shape index (κ2) is 4.06. The Morgan fingerprint density at radius 2 is 2.12 bits per heavy atom. The van der Waals surface area contributed by atoms with Gasteiger partial charge in [0, 0.05) is 42.6 Å². The van der Waals surface area contributed by atoms with E-state index in [2.05, 4.69) is 22.0 Å². The van der Waals surface area contributed by atoms with Gasteiger partial charge < -0.3 is 10.6 Å². The molecule has 1 aromatic rings. The van der Waals surface area contributed by atoms with Crippen molar-refractivity contribution in [2.45, 2.75) is 37.6 Å². The van der Waals surface area contributed by atoms with Crippen molar-refractivity contribution >= 4 is 5.69 Å². The SMILES string of the molecule is NCCN(c1ccnc(C2CC2)c1)C1CC1. The molecular weight excluding hydrogens is 198 g/mol. The second-order valence-electron chi connectivity index (χ2n) is 4.93. The molecule has 16 heavy (non-hydrogen) atoms. The molecule has 0 unspecified atom stereocenters. The van der Waals surface area contributed by atoms with Gasteiger partial charge in [-0.1, -0.05) is 0 Å². The zero-order valence-corrected chi connectivity index (χ0v) is 9.60. The van der Waals surface area contributed by atoms with E-state index in [1.165, 1.54) is 37.1 Å². The monoisotopic (exact) mass is 217 g/mol. The molecular formula is C13H19N3. The van der Waals surface area contributed by atoms with Crippen LogP contribution in [0.1, 0.15) is 37.3 Å². The minimum atomic E-state index is 0.734. The van der Waals surface area contributed by atoms with E-state index < -0.39 is 0 Å². The molecule has 3 heteroatoms. The van der Waals surface area contributed by atoms with Crippen molar-refractivity contribution in [2.24, 2.45) is 5.73 Å². The second-order valence-corrected chi connectivity index (χ2v) is 4.93. The molecule has 1 heterocycles. The van der Waals surface area contributed by atoms with Crippen LogP contribution >= 0.6 is 0 Å². The molecule has 0 radical (unpaired) electrons. The standard InChI is InChI=1S/C13H19N3/c14-6-8-16(11-3-4-11)12-5-7-15-13(9-12)10-1-2-10/h5,7,9-11H,1-4,6,8,14H2. The summed E-state index contributed by atoms with van der Waals surface area (Å²) in [5.74, 6) is 0.735. The molecule has 2 saturated carbocycles. The van der Waals surface area contributed by atoms with Crippen LogP contribution < -0.4 is 10.6 Å². The Morgan fingerprint density at radius 3 is 2.75 bits per heavy atom. The van der Waals surface area contributed by atoms with Gasteiger partial charge in [0.15, 0.2) is 0 Å². The Hall–Kier alpha value is -1.09. The number of nitrogens with zero attached hydrogens (tertiary/aromatic N) is 2. The van der Waals surface area contributed by atoms with Gasteiger partial charge in [-0.15, -0.1) is 0 Å². The van der Waals surface area contributed by atoms with Crippen LogP contribution in [-0.2, 0) is 0 Å². The molecule has 0 atom stereocenters. The molecule has 0 saturated heterocycles. The van der Waals surface area contributed by atoms with E-state index in [1.54, 1.807) is 0 Å². The number of aromatic nitrogens is 1. The zero-order valence-electron chi connectivity index (χ0n) is 9.60. The number of hydrogen-bond donors (Lipinski definition) is 1. The minimum Gasteiger partial charge on any atom is -0.367 e. The third-order valence-electron chi connectivity index (χ3n) is 3.45. The van der Waals surface area contributed by atoms with E-state index in [0.717, 1.165) is 25.0 Å². The Bertz CT molecular complexity index is 369. The topological polar surface area (TPSA) is 42.1 Å². The first-order valence-electron chi connectivity index (χ1n) is 6.31. The minimum absolute atomic E-state index is 0.734. The van der Waals surface area contributed by atoms with E-state index in [9.17, 15) is 0 Å². The smallest absolute Gasteiger partial charge is 0.0455 e. The molecule has 86 valence electrons. The largest absolute Gasteiger partial charge is 0.367 e. The molecule has 2 fully saturated rings. The van der Waals surface area contributed by atoms with E-state index in [1.807, 2.05) is 6.20 Å². The Kier molecular flexibility index (Phi) is 2.56. The van der Waals surface area contributed by atoms with Crippen LogP contribution in [-0.4, -0.2) is 24.1 Å². The molecule has 0 aliphatic heterocycles. The Balaban J connectivity index is 1.81. The molecule has 0 bridgehead atoms. The number of pyridine rings is 1. The summed E-state index contributed by atoms with van der Waals surface area (Å²) in [5, 5.41) is 0. The van der Waals surface area contributed by atoms with Gasteiger partial charge in [-0.3, -0.25) is 4.98 Å². The first-order valence-corrected chi connectivity index (χ1v) is 6.31. The maximum absolute atomic E-state index is 5.69. The molecule has 3 rings (SSSR count). The highest BCUT2D eigenvalue weighted by atomic mass is 15.2. The van der Waals surface area contributed by atoms with Crippen molar-refractivity contribution in [1.29, 1.82) is 0 Å². The van der Waals surface area contributed by atoms with E-state index in [4.69, 9.17) is 5.73 Å². The lowest BCUT2D eigenvalue weighted by molar-refractivity contribution is 0.782. The zero-order chi connectivity index (χ0) is 11.0. The maximum atomic E-state index is 5.69. The maximum Gasteiger partial charge on any atom is 0.0455 e. The highest BCUT2D eigenvalue weighted by molar-refractivity contribution is 5.49. The van der Waals surface area contributed by atoms with Crippen molar-refractivity contribution in [3.63, 3.8) is 0 Å². The summed E-state index contributed by atoms with van der Waals surface area (Å²) in [6, 6.07) is 5.13. The highest BCUT2D eigenvalue weighted by Gasteiger charge is 2.30. The molecule has 2 aliphatic rings. The van der Waals surface area contributed by atoms with Crippen molar-refractivity contribution in [3.05, 3.63) is 24.0 Å². The predicted molar refractivity (Wildman–Crippen MR) is 65.6 cm³/mol. The lowest BCUT2D eigenvalue weighted by Gasteiger charge is -2.24. The van der Waals surface area contributed by atoms with Crippen LogP contribution in [0.25, 0.3) is 0 Å². The number of rotatable bonds is 5. The van der Waals surface area contributed by atoms with Gasteiger partial charge in [0.25, 0.3) is 0 Å². The summed E-state index contributed by atoms with van der Waals surface area (Å²) >= 11 is 0. The molecule has 2 N–H and O–H groups in total. The van der Waals surface area contributed by atoms with Crippen LogP contribution in [0.3, 0.4) is 0 Å². The summed E-state index contributed by atoms with van der Waals surface area (Å²) in [4.78, 5) is 6.92. The lowest BCUT2D eigenvalue weighted by atomic mass is 10.2. The van der Waals surface area contributed by atoms with Gasteiger partial charge in [0.2, 0.25) is 0 Å². The summed E-state index contributed by atoms with van der Waals surface area (Å²) in [7, 11) is 0. The van der Waals surface area contributed by atoms with Gasteiger partial charge in [0.1, 0.15) is 0 Å².